The quantitative estimate of drug-likeness (QED) is 0.367. The van der Waals surface area contributed by atoms with Crippen LogP contribution in [0.1, 0.15) is 80.6 Å². The van der Waals surface area contributed by atoms with Gasteiger partial charge < -0.3 is 0 Å². The lowest BCUT2D eigenvalue weighted by atomic mass is 9.86. The fourth-order valence-corrected chi connectivity index (χ4v) is 3.40. The van der Waals surface area contributed by atoms with Gasteiger partial charge in [-0.2, -0.15) is 0 Å². The topological polar surface area (TPSA) is 34.1 Å². The Hall–Kier alpha value is -0.920. The van der Waals surface area contributed by atoms with Crippen LogP contribution in [0.5, 0.6) is 0 Å². The number of hydrogen-bond donors (Lipinski definition) is 0. The first-order valence-corrected chi connectivity index (χ1v) is 8.98. The van der Waals surface area contributed by atoms with E-state index >= 15 is 0 Å². The van der Waals surface area contributed by atoms with Crippen molar-refractivity contribution in [2.24, 2.45) is 23.7 Å². The molecule has 0 fully saturated rings. The lowest BCUT2D eigenvalue weighted by Gasteiger charge is -2.19. The van der Waals surface area contributed by atoms with Gasteiger partial charge in [-0.1, -0.05) is 53.5 Å². The summed E-state index contributed by atoms with van der Waals surface area (Å²) in [4.78, 5) is 23.9. The molecule has 0 aliphatic rings. The van der Waals surface area contributed by atoms with E-state index in [0.717, 1.165) is 17.9 Å². The monoisotopic (exact) mass is 308 g/mol. The summed E-state index contributed by atoms with van der Waals surface area (Å²) in [5.41, 5.74) is 0.746. The molecule has 0 aliphatic heterocycles. The van der Waals surface area contributed by atoms with E-state index < -0.39 is 5.92 Å². The lowest BCUT2D eigenvalue weighted by Crippen LogP contribution is -2.21. The summed E-state index contributed by atoms with van der Waals surface area (Å²) in [6.07, 6.45) is 7.40. The Kier molecular flexibility index (Phi) is 10.3. The first-order valence-electron chi connectivity index (χ1n) is 8.98. The largest absolute Gasteiger partial charge is 0.299 e. The maximum atomic E-state index is 12.2. The smallest absolute Gasteiger partial charge is 0.168 e. The molecule has 0 N–H and O–H groups in total. The Bertz CT molecular complexity index is 381. The van der Waals surface area contributed by atoms with Crippen LogP contribution in [0.4, 0.5) is 0 Å². The molecule has 0 saturated heterocycles. The van der Waals surface area contributed by atoms with Crippen LogP contribution in [-0.4, -0.2) is 11.6 Å². The Balaban J connectivity index is 4.51. The van der Waals surface area contributed by atoms with Crippen LogP contribution < -0.4 is 0 Å². The zero-order valence-electron chi connectivity index (χ0n) is 15.7. The number of Topliss-reactive ketones (excluding diaryl/α,β-unsaturated/α-hetero) is 2. The van der Waals surface area contributed by atoms with Gasteiger partial charge >= 0.3 is 0 Å². The van der Waals surface area contributed by atoms with Crippen LogP contribution in [-0.2, 0) is 9.59 Å². The van der Waals surface area contributed by atoms with Crippen molar-refractivity contribution in [2.45, 2.75) is 80.6 Å². The Morgan fingerprint density at radius 1 is 0.955 bits per heavy atom. The summed E-state index contributed by atoms with van der Waals surface area (Å²) in [5.74, 6) is 1.37. The molecular weight excluding hydrogens is 272 g/mol. The fraction of sp³-hybridized carbons (Fsp3) is 0.800. The molecule has 0 unspecified atom stereocenters. The van der Waals surface area contributed by atoms with Crippen molar-refractivity contribution in [3.63, 3.8) is 0 Å². The van der Waals surface area contributed by atoms with Gasteiger partial charge in [-0.3, -0.25) is 9.59 Å². The standard InChI is InChI=1S/C20H36O2/c1-8-10-14(3)11-15(4)12-16(5)13-17(6)20(22)18(7)19(21)9-2/h13-16,18H,8-12H2,1-7H3/b17-13+/t14-,15-,16-,18+/m0/s1. The van der Waals surface area contributed by atoms with Gasteiger partial charge in [0.05, 0.1) is 5.92 Å². The minimum atomic E-state index is -0.490. The lowest BCUT2D eigenvalue weighted by molar-refractivity contribution is -0.129. The van der Waals surface area contributed by atoms with Gasteiger partial charge in [-0.25, -0.2) is 0 Å². The fourth-order valence-electron chi connectivity index (χ4n) is 3.40. The number of allylic oxidation sites excluding steroid dienone is 2. The van der Waals surface area contributed by atoms with Crippen molar-refractivity contribution in [1.82, 2.24) is 0 Å². The summed E-state index contributed by atoms with van der Waals surface area (Å²) < 4.78 is 0. The summed E-state index contributed by atoms with van der Waals surface area (Å²) >= 11 is 0. The van der Waals surface area contributed by atoms with E-state index in [4.69, 9.17) is 0 Å². The highest BCUT2D eigenvalue weighted by Gasteiger charge is 2.21. The molecule has 4 atom stereocenters. The van der Waals surface area contributed by atoms with Crippen molar-refractivity contribution in [3.05, 3.63) is 11.6 Å². The summed E-state index contributed by atoms with van der Waals surface area (Å²) in [5, 5.41) is 0. The Morgan fingerprint density at radius 2 is 1.55 bits per heavy atom. The van der Waals surface area contributed by atoms with Crippen LogP contribution >= 0.6 is 0 Å². The summed E-state index contributed by atoms with van der Waals surface area (Å²) in [6.45, 7) is 14.4. The average molecular weight is 309 g/mol. The van der Waals surface area contributed by atoms with Gasteiger partial charge in [0.15, 0.2) is 5.78 Å². The zero-order chi connectivity index (χ0) is 17.3. The number of ketones is 2. The Labute approximate surface area is 137 Å². The van der Waals surface area contributed by atoms with Crippen LogP contribution in [0.2, 0.25) is 0 Å². The minimum Gasteiger partial charge on any atom is -0.299 e. The molecule has 128 valence electrons. The summed E-state index contributed by atoms with van der Waals surface area (Å²) in [6, 6.07) is 0. The predicted molar refractivity (Wildman–Crippen MR) is 94.9 cm³/mol. The van der Waals surface area contributed by atoms with Crippen molar-refractivity contribution in [1.29, 1.82) is 0 Å². The van der Waals surface area contributed by atoms with E-state index in [0.29, 0.717) is 18.3 Å². The third-order valence-corrected chi connectivity index (χ3v) is 4.51. The van der Waals surface area contributed by atoms with Crippen molar-refractivity contribution < 1.29 is 9.59 Å². The third-order valence-electron chi connectivity index (χ3n) is 4.51. The first-order chi connectivity index (χ1) is 10.2. The molecule has 2 heteroatoms. The normalized spacial score (nSPS) is 17.7. The van der Waals surface area contributed by atoms with Crippen LogP contribution in [0.15, 0.2) is 11.6 Å². The van der Waals surface area contributed by atoms with Crippen molar-refractivity contribution >= 4 is 11.6 Å². The zero-order valence-corrected chi connectivity index (χ0v) is 15.7. The molecule has 0 aromatic heterocycles. The van der Waals surface area contributed by atoms with Gasteiger partial charge in [0.1, 0.15) is 5.78 Å². The van der Waals surface area contributed by atoms with Gasteiger partial charge in [-0.15, -0.1) is 0 Å². The molecule has 0 amide bonds. The van der Waals surface area contributed by atoms with Crippen LogP contribution in [0.25, 0.3) is 0 Å². The number of rotatable bonds is 11. The van der Waals surface area contributed by atoms with Gasteiger partial charge in [0, 0.05) is 6.42 Å². The number of carbonyl (C=O) groups is 2. The van der Waals surface area contributed by atoms with E-state index in [1.54, 1.807) is 6.92 Å². The second-order valence-corrected chi connectivity index (χ2v) is 7.20. The highest BCUT2D eigenvalue weighted by Crippen LogP contribution is 2.24. The van der Waals surface area contributed by atoms with Crippen LogP contribution in [0, 0.1) is 23.7 Å². The molecule has 0 heterocycles. The molecule has 2 nitrogen and oxygen atoms in total. The van der Waals surface area contributed by atoms with Gasteiger partial charge in [-0.05, 0) is 50.0 Å². The second-order valence-electron chi connectivity index (χ2n) is 7.20. The third kappa shape index (κ3) is 7.91. The number of hydrogen-bond acceptors (Lipinski definition) is 2. The maximum Gasteiger partial charge on any atom is 0.168 e. The first kappa shape index (κ1) is 21.1. The predicted octanol–water partition coefficient (Wildman–Crippen LogP) is 5.61. The molecule has 0 aliphatic carbocycles. The summed E-state index contributed by atoms with van der Waals surface area (Å²) in [7, 11) is 0. The molecule has 0 spiro atoms. The van der Waals surface area contributed by atoms with E-state index in [1.165, 1.54) is 19.3 Å². The van der Waals surface area contributed by atoms with Crippen molar-refractivity contribution in [3.8, 4) is 0 Å². The van der Waals surface area contributed by atoms with E-state index in [2.05, 4.69) is 33.8 Å². The molecule has 22 heavy (non-hydrogen) atoms. The van der Waals surface area contributed by atoms with E-state index in [-0.39, 0.29) is 11.6 Å². The Morgan fingerprint density at radius 3 is 2.05 bits per heavy atom. The molecule has 0 aromatic rings. The van der Waals surface area contributed by atoms with Crippen molar-refractivity contribution in [2.75, 3.05) is 0 Å². The average Bonchev–Trinajstić information content (AvgIpc) is 2.44. The van der Waals surface area contributed by atoms with E-state index in [1.807, 2.05) is 13.8 Å². The van der Waals surface area contributed by atoms with E-state index in [9.17, 15) is 9.59 Å². The molecular formula is C20H36O2. The molecule has 0 aromatic carbocycles. The molecule has 0 bridgehead atoms. The maximum absolute atomic E-state index is 12.2. The second kappa shape index (κ2) is 10.7. The minimum absolute atomic E-state index is 0.00861. The van der Waals surface area contributed by atoms with Gasteiger partial charge in [0.25, 0.3) is 0 Å². The van der Waals surface area contributed by atoms with Crippen LogP contribution in [0.3, 0.4) is 0 Å². The molecule has 0 rings (SSSR count). The highest BCUT2D eigenvalue weighted by atomic mass is 16.1. The molecule has 0 radical (unpaired) electrons. The molecule has 0 saturated carbocycles. The SMILES string of the molecule is CCC[C@H](C)C[C@H](C)C[C@H](C)/C=C(\C)C(=O)[C@H](C)C(=O)CC. The van der Waals surface area contributed by atoms with Gasteiger partial charge in [0.2, 0.25) is 0 Å². The number of carbonyl (C=O) groups excluding carboxylic acids is 2. The highest BCUT2D eigenvalue weighted by molar-refractivity contribution is 6.09.